The van der Waals surface area contributed by atoms with Crippen LogP contribution in [0.2, 0.25) is 0 Å². The van der Waals surface area contributed by atoms with Crippen molar-refractivity contribution in [1.82, 2.24) is 9.80 Å². The highest BCUT2D eigenvalue weighted by molar-refractivity contribution is 5.70. The Labute approximate surface area is 175 Å². The number of hydrogen-bond donors (Lipinski definition) is 0. The van der Waals surface area contributed by atoms with E-state index in [1.54, 1.807) is 7.11 Å². The zero-order chi connectivity index (χ0) is 20.2. The molecular weight excluding hydrogens is 360 g/mol. The van der Waals surface area contributed by atoms with Crippen molar-refractivity contribution >= 4 is 0 Å². The molecule has 2 aliphatic rings. The maximum Gasteiger partial charge on any atom is 0.126 e. The third-order valence-corrected chi connectivity index (χ3v) is 6.30. The van der Waals surface area contributed by atoms with Crippen LogP contribution < -0.4 is 4.74 Å². The molecular formula is C25H34N2O2. The summed E-state index contributed by atoms with van der Waals surface area (Å²) in [7, 11) is 1.73. The average molecular weight is 395 g/mol. The van der Waals surface area contributed by atoms with Gasteiger partial charge in [-0.2, -0.15) is 0 Å². The van der Waals surface area contributed by atoms with Crippen LogP contribution in [-0.2, 0) is 11.3 Å². The molecule has 0 aliphatic carbocycles. The van der Waals surface area contributed by atoms with Crippen LogP contribution >= 0.6 is 0 Å². The lowest BCUT2D eigenvalue weighted by Crippen LogP contribution is -2.53. The number of rotatable bonds is 5. The molecule has 0 spiro atoms. The highest BCUT2D eigenvalue weighted by Gasteiger charge is 2.30. The van der Waals surface area contributed by atoms with Gasteiger partial charge in [-0.1, -0.05) is 42.5 Å². The van der Waals surface area contributed by atoms with Crippen LogP contribution in [0.25, 0.3) is 11.1 Å². The fourth-order valence-electron chi connectivity index (χ4n) is 4.89. The van der Waals surface area contributed by atoms with Gasteiger partial charge >= 0.3 is 0 Å². The number of benzene rings is 2. The van der Waals surface area contributed by atoms with Crippen molar-refractivity contribution in [2.75, 3.05) is 33.3 Å². The van der Waals surface area contributed by atoms with E-state index in [4.69, 9.17) is 9.47 Å². The third-order valence-electron chi connectivity index (χ3n) is 6.30. The summed E-state index contributed by atoms with van der Waals surface area (Å²) in [6.45, 7) is 9.96. The summed E-state index contributed by atoms with van der Waals surface area (Å²) in [5.74, 6) is 0.925. The standard InChI is InChI=1S/C25H34N2O2/c1-19-16-27(17-20(2)29-19)23-12-14-26(15-13-23)18-21-8-10-22(11-9-21)24-6-4-5-7-25(24)28-3/h4-11,19-20,23H,12-18H2,1-3H3/t19-,20-/m1/s1. The first-order valence-corrected chi connectivity index (χ1v) is 11.0. The lowest BCUT2D eigenvalue weighted by atomic mass is 10.00. The van der Waals surface area contributed by atoms with E-state index in [1.165, 1.54) is 37.1 Å². The molecule has 0 aromatic heterocycles. The molecule has 4 rings (SSSR count). The Kier molecular flexibility index (Phi) is 6.53. The number of nitrogens with zero attached hydrogens (tertiary/aromatic N) is 2. The van der Waals surface area contributed by atoms with Crippen molar-refractivity contribution in [1.29, 1.82) is 0 Å². The highest BCUT2D eigenvalue weighted by Crippen LogP contribution is 2.30. The van der Waals surface area contributed by atoms with E-state index in [1.807, 2.05) is 12.1 Å². The molecule has 2 aromatic rings. The normalized spacial score (nSPS) is 24.5. The quantitative estimate of drug-likeness (QED) is 0.749. The van der Waals surface area contributed by atoms with E-state index in [2.05, 4.69) is 60.0 Å². The van der Waals surface area contributed by atoms with Gasteiger partial charge in [0.25, 0.3) is 0 Å². The van der Waals surface area contributed by atoms with Gasteiger partial charge in [-0.25, -0.2) is 0 Å². The molecule has 0 amide bonds. The van der Waals surface area contributed by atoms with Crippen molar-refractivity contribution in [2.45, 2.75) is 51.5 Å². The van der Waals surface area contributed by atoms with Crippen LogP contribution in [0.4, 0.5) is 0 Å². The van der Waals surface area contributed by atoms with Crippen molar-refractivity contribution < 1.29 is 9.47 Å². The minimum Gasteiger partial charge on any atom is -0.496 e. The first-order chi connectivity index (χ1) is 14.1. The highest BCUT2D eigenvalue weighted by atomic mass is 16.5. The number of ether oxygens (including phenoxy) is 2. The topological polar surface area (TPSA) is 24.9 Å². The van der Waals surface area contributed by atoms with Gasteiger partial charge in [0.2, 0.25) is 0 Å². The van der Waals surface area contributed by atoms with Crippen LogP contribution in [-0.4, -0.2) is 61.3 Å². The summed E-state index contributed by atoms with van der Waals surface area (Å²) in [6, 6.07) is 17.9. The number of likely N-dealkylation sites (tertiary alicyclic amines) is 1. The second-order valence-electron chi connectivity index (χ2n) is 8.62. The van der Waals surface area contributed by atoms with Crippen LogP contribution in [0, 0.1) is 0 Å². The predicted octanol–water partition coefficient (Wildman–Crippen LogP) is 4.44. The van der Waals surface area contributed by atoms with Crippen LogP contribution in [0.15, 0.2) is 48.5 Å². The van der Waals surface area contributed by atoms with Gasteiger partial charge in [-0.3, -0.25) is 9.80 Å². The molecule has 156 valence electrons. The van der Waals surface area contributed by atoms with Crippen molar-refractivity contribution in [3.05, 3.63) is 54.1 Å². The Morgan fingerprint density at radius 3 is 2.24 bits per heavy atom. The minimum atomic E-state index is 0.360. The summed E-state index contributed by atoms with van der Waals surface area (Å²) in [5, 5.41) is 0. The molecule has 2 aliphatic heterocycles. The van der Waals surface area contributed by atoms with Crippen molar-refractivity contribution in [2.24, 2.45) is 0 Å². The van der Waals surface area contributed by atoms with Gasteiger partial charge < -0.3 is 9.47 Å². The first kappa shape index (κ1) is 20.4. The molecule has 0 unspecified atom stereocenters. The van der Waals surface area contributed by atoms with E-state index in [-0.39, 0.29) is 0 Å². The van der Waals surface area contributed by atoms with Gasteiger partial charge in [-0.15, -0.1) is 0 Å². The van der Waals surface area contributed by atoms with Crippen molar-refractivity contribution in [3.8, 4) is 16.9 Å². The summed E-state index contributed by atoms with van der Waals surface area (Å²) in [6.07, 6.45) is 3.24. The maximum atomic E-state index is 5.90. The molecule has 2 heterocycles. The van der Waals surface area contributed by atoms with Crippen LogP contribution in [0.1, 0.15) is 32.3 Å². The van der Waals surface area contributed by atoms with Gasteiger partial charge in [0.15, 0.2) is 0 Å². The van der Waals surface area contributed by atoms with E-state index < -0.39 is 0 Å². The monoisotopic (exact) mass is 394 g/mol. The smallest absolute Gasteiger partial charge is 0.126 e. The number of hydrogen-bond acceptors (Lipinski definition) is 4. The van der Waals surface area contributed by atoms with E-state index in [9.17, 15) is 0 Å². The lowest BCUT2D eigenvalue weighted by Gasteiger charge is -2.43. The number of piperidine rings is 1. The van der Waals surface area contributed by atoms with Gasteiger partial charge in [-0.05, 0) is 57.0 Å². The second-order valence-corrected chi connectivity index (χ2v) is 8.62. The van der Waals surface area contributed by atoms with Crippen LogP contribution in [0.5, 0.6) is 5.75 Å². The molecule has 2 atom stereocenters. The average Bonchev–Trinajstić information content (AvgIpc) is 2.74. The molecule has 0 saturated carbocycles. The molecule has 2 fully saturated rings. The Morgan fingerprint density at radius 1 is 0.931 bits per heavy atom. The van der Waals surface area contributed by atoms with Crippen molar-refractivity contribution in [3.63, 3.8) is 0 Å². The zero-order valence-electron chi connectivity index (χ0n) is 18.0. The molecule has 0 bridgehead atoms. The number of methoxy groups -OCH3 is 1. The van der Waals surface area contributed by atoms with E-state index >= 15 is 0 Å². The lowest BCUT2D eigenvalue weighted by molar-refractivity contribution is -0.0865. The van der Waals surface area contributed by atoms with E-state index in [0.717, 1.165) is 30.9 Å². The summed E-state index contributed by atoms with van der Waals surface area (Å²) >= 11 is 0. The third kappa shape index (κ3) is 5.00. The second kappa shape index (κ2) is 9.29. The largest absolute Gasteiger partial charge is 0.496 e. The molecule has 0 radical (unpaired) electrons. The summed E-state index contributed by atoms with van der Waals surface area (Å²) < 4.78 is 11.4. The number of morpholine rings is 1. The van der Waals surface area contributed by atoms with E-state index in [0.29, 0.717) is 18.2 Å². The molecule has 29 heavy (non-hydrogen) atoms. The molecule has 0 N–H and O–H groups in total. The number of para-hydroxylation sites is 1. The molecule has 4 heteroatoms. The Hall–Kier alpha value is -1.88. The summed E-state index contributed by atoms with van der Waals surface area (Å²) in [4.78, 5) is 5.26. The minimum absolute atomic E-state index is 0.360. The zero-order valence-corrected chi connectivity index (χ0v) is 18.0. The molecule has 2 aromatic carbocycles. The van der Waals surface area contributed by atoms with Gasteiger partial charge in [0.1, 0.15) is 5.75 Å². The molecule has 2 saturated heterocycles. The Balaban J connectivity index is 1.32. The Bertz CT molecular complexity index is 774. The first-order valence-electron chi connectivity index (χ1n) is 11.0. The maximum absolute atomic E-state index is 5.90. The summed E-state index contributed by atoms with van der Waals surface area (Å²) in [5.41, 5.74) is 3.74. The fourth-order valence-corrected chi connectivity index (χ4v) is 4.89. The van der Waals surface area contributed by atoms with Gasteiger partial charge in [0.05, 0.1) is 19.3 Å². The Morgan fingerprint density at radius 2 is 1.59 bits per heavy atom. The SMILES string of the molecule is COc1ccccc1-c1ccc(CN2CCC(N3C[C@@H](C)O[C@H](C)C3)CC2)cc1. The molecule has 4 nitrogen and oxygen atoms in total. The van der Waals surface area contributed by atoms with Crippen LogP contribution in [0.3, 0.4) is 0 Å². The van der Waals surface area contributed by atoms with Gasteiger partial charge in [0, 0.05) is 31.2 Å². The predicted molar refractivity (Wildman–Crippen MR) is 118 cm³/mol. The fraction of sp³-hybridized carbons (Fsp3) is 0.520.